The van der Waals surface area contributed by atoms with Gasteiger partial charge in [0.05, 0.1) is 4.47 Å². The molecule has 0 aliphatic rings. The molecule has 0 fully saturated rings. The molecule has 2 nitrogen and oxygen atoms in total. The lowest BCUT2D eigenvalue weighted by molar-refractivity contribution is 0.317. The van der Waals surface area contributed by atoms with E-state index in [-0.39, 0.29) is 17.2 Å². The third-order valence-corrected chi connectivity index (χ3v) is 2.93. The van der Waals surface area contributed by atoms with Crippen molar-refractivity contribution in [2.45, 2.75) is 26.8 Å². The van der Waals surface area contributed by atoms with Crippen molar-refractivity contribution < 1.29 is 5.11 Å². The van der Waals surface area contributed by atoms with Gasteiger partial charge in [0.15, 0.2) is 0 Å². The number of phenols is 1. The van der Waals surface area contributed by atoms with Crippen LogP contribution in [0.25, 0.3) is 0 Å². The Kier molecular flexibility index (Phi) is 3.22. The molecule has 1 aromatic rings. The van der Waals surface area contributed by atoms with Crippen molar-refractivity contribution in [2.75, 3.05) is 0 Å². The molecule has 0 saturated heterocycles. The van der Waals surface area contributed by atoms with Crippen LogP contribution in [0.3, 0.4) is 0 Å². The third-order valence-electron chi connectivity index (χ3n) is 2.29. The summed E-state index contributed by atoms with van der Waals surface area (Å²) in [5.41, 5.74) is 6.79. The summed E-state index contributed by atoms with van der Waals surface area (Å²) in [6, 6.07) is 5.37. The Hall–Kier alpha value is -0.540. The van der Waals surface area contributed by atoms with Crippen LogP contribution in [0, 0.1) is 5.41 Å². The molecule has 0 amide bonds. The SMILES string of the molecule is CC(C)(C)[C@@H](N)c1cccc(Br)c1O. The molecule has 0 heterocycles. The van der Waals surface area contributed by atoms with Gasteiger partial charge in [0.2, 0.25) is 0 Å². The molecule has 3 heteroatoms. The maximum Gasteiger partial charge on any atom is 0.134 e. The Morgan fingerprint density at radius 1 is 1.36 bits per heavy atom. The first-order chi connectivity index (χ1) is 6.34. The van der Waals surface area contributed by atoms with Crippen LogP contribution in [0.5, 0.6) is 5.75 Å². The smallest absolute Gasteiger partial charge is 0.134 e. The average molecular weight is 258 g/mol. The highest BCUT2D eigenvalue weighted by Crippen LogP contribution is 2.38. The highest BCUT2D eigenvalue weighted by atomic mass is 79.9. The van der Waals surface area contributed by atoms with Crippen LogP contribution in [0.1, 0.15) is 32.4 Å². The lowest BCUT2D eigenvalue weighted by Crippen LogP contribution is -2.26. The first-order valence-electron chi connectivity index (χ1n) is 4.57. The van der Waals surface area contributed by atoms with E-state index in [1.807, 2.05) is 12.1 Å². The number of aromatic hydroxyl groups is 1. The van der Waals surface area contributed by atoms with Gasteiger partial charge >= 0.3 is 0 Å². The second-order valence-electron chi connectivity index (χ2n) is 4.52. The van der Waals surface area contributed by atoms with Crippen molar-refractivity contribution in [1.82, 2.24) is 0 Å². The summed E-state index contributed by atoms with van der Waals surface area (Å²) < 4.78 is 0.690. The van der Waals surface area contributed by atoms with Crippen molar-refractivity contribution in [3.63, 3.8) is 0 Å². The van der Waals surface area contributed by atoms with E-state index in [2.05, 4.69) is 36.7 Å². The van der Waals surface area contributed by atoms with Gasteiger partial charge in [-0.15, -0.1) is 0 Å². The predicted octanol–water partition coefficient (Wildman–Crippen LogP) is 3.20. The predicted molar refractivity (Wildman–Crippen MR) is 62.2 cm³/mol. The quantitative estimate of drug-likeness (QED) is 0.812. The minimum Gasteiger partial charge on any atom is -0.506 e. The number of halogens is 1. The normalized spacial score (nSPS) is 14.1. The number of phenolic OH excluding ortho intramolecular Hbond substituents is 1. The van der Waals surface area contributed by atoms with Crippen LogP contribution in [-0.2, 0) is 0 Å². The van der Waals surface area contributed by atoms with Crippen molar-refractivity contribution in [3.8, 4) is 5.75 Å². The van der Waals surface area contributed by atoms with Gasteiger partial charge in [-0.25, -0.2) is 0 Å². The maximum atomic E-state index is 9.80. The largest absolute Gasteiger partial charge is 0.506 e. The Balaban J connectivity index is 3.14. The summed E-state index contributed by atoms with van der Waals surface area (Å²) in [6.45, 7) is 6.16. The molecule has 0 unspecified atom stereocenters. The number of nitrogens with two attached hydrogens (primary N) is 1. The van der Waals surface area contributed by atoms with Crippen molar-refractivity contribution in [2.24, 2.45) is 11.1 Å². The van der Waals surface area contributed by atoms with Crippen LogP contribution in [0.15, 0.2) is 22.7 Å². The van der Waals surface area contributed by atoms with E-state index in [9.17, 15) is 5.11 Å². The van der Waals surface area contributed by atoms with Gasteiger partial charge in [-0.05, 0) is 27.4 Å². The molecular weight excluding hydrogens is 242 g/mol. The molecule has 78 valence electrons. The first kappa shape index (κ1) is 11.5. The fourth-order valence-corrected chi connectivity index (χ4v) is 1.63. The Labute approximate surface area is 93.3 Å². The van der Waals surface area contributed by atoms with Crippen LogP contribution < -0.4 is 5.73 Å². The van der Waals surface area contributed by atoms with Gasteiger partial charge in [0.1, 0.15) is 5.75 Å². The van der Waals surface area contributed by atoms with Crippen LogP contribution in [0.2, 0.25) is 0 Å². The summed E-state index contributed by atoms with van der Waals surface area (Å²) in [4.78, 5) is 0. The zero-order valence-corrected chi connectivity index (χ0v) is 10.3. The van der Waals surface area contributed by atoms with Crippen LogP contribution >= 0.6 is 15.9 Å². The van der Waals surface area contributed by atoms with Crippen LogP contribution in [-0.4, -0.2) is 5.11 Å². The molecule has 1 aromatic carbocycles. The lowest BCUT2D eigenvalue weighted by atomic mass is 9.83. The molecule has 0 saturated carbocycles. The van der Waals surface area contributed by atoms with E-state index in [0.717, 1.165) is 5.56 Å². The third kappa shape index (κ3) is 2.28. The minimum absolute atomic E-state index is 0.0573. The zero-order chi connectivity index (χ0) is 10.9. The molecule has 14 heavy (non-hydrogen) atoms. The molecule has 0 aromatic heterocycles. The molecule has 0 bridgehead atoms. The Morgan fingerprint density at radius 2 is 1.93 bits per heavy atom. The standard InChI is InChI=1S/C11H16BrNO/c1-11(2,3)10(13)7-5-4-6-8(12)9(7)14/h4-6,10,14H,13H2,1-3H3/t10-/m0/s1. The van der Waals surface area contributed by atoms with E-state index in [4.69, 9.17) is 5.73 Å². The molecular formula is C11H16BrNO. The topological polar surface area (TPSA) is 46.2 Å². The van der Waals surface area contributed by atoms with E-state index < -0.39 is 0 Å². The molecule has 1 rings (SSSR count). The first-order valence-corrected chi connectivity index (χ1v) is 5.36. The lowest BCUT2D eigenvalue weighted by Gasteiger charge is -2.28. The Morgan fingerprint density at radius 3 is 2.43 bits per heavy atom. The van der Waals surface area contributed by atoms with Gasteiger partial charge in [0.25, 0.3) is 0 Å². The number of hydrogen-bond donors (Lipinski definition) is 2. The monoisotopic (exact) mass is 257 g/mol. The van der Waals surface area contributed by atoms with Crippen molar-refractivity contribution in [1.29, 1.82) is 0 Å². The number of para-hydroxylation sites is 1. The summed E-state index contributed by atoms with van der Waals surface area (Å²) in [5.74, 6) is 0.245. The summed E-state index contributed by atoms with van der Waals surface area (Å²) in [7, 11) is 0. The average Bonchev–Trinajstić information content (AvgIpc) is 2.07. The van der Waals surface area contributed by atoms with E-state index in [1.54, 1.807) is 6.07 Å². The van der Waals surface area contributed by atoms with Crippen molar-refractivity contribution >= 4 is 15.9 Å². The fourth-order valence-electron chi connectivity index (χ4n) is 1.25. The van der Waals surface area contributed by atoms with Gasteiger partial charge < -0.3 is 10.8 Å². The molecule has 0 spiro atoms. The highest BCUT2D eigenvalue weighted by Gasteiger charge is 2.25. The van der Waals surface area contributed by atoms with Gasteiger partial charge in [-0.2, -0.15) is 0 Å². The molecule has 0 radical (unpaired) electrons. The highest BCUT2D eigenvalue weighted by molar-refractivity contribution is 9.10. The van der Waals surface area contributed by atoms with Crippen molar-refractivity contribution in [3.05, 3.63) is 28.2 Å². The molecule has 0 aliphatic carbocycles. The second kappa shape index (κ2) is 3.91. The summed E-state index contributed by atoms with van der Waals surface area (Å²) in [6.07, 6.45) is 0. The molecule has 0 aliphatic heterocycles. The summed E-state index contributed by atoms with van der Waals surface area (Å²) in [5, 5.41) is 9.80. The van der Waals surface area contributed by atoms with Gasteiger partial charge in [-0.3, -0.25) is 0 Å². The van der Waals surface area contributed by atoms with E-state index >= 15 is 0 Å². The number of hydrogen-bond acceptors (Lipinski definition) is 2. The molecule has 1 atom stereocenters. The van der Waals surface area contributed by atoms with E-state index in [0.29, 0.717) is 4.47 Å². The number of rotatable bonds is 1. The second-order valence-corrected chi connectivity index (χ2v) is 5.38. The van der Waals surface area contributed by atoms with E-state index in [1.165, 1.54) is 0 Å². The summed E-state index contributed by atoms with van der Waals surface area (Å²) >= 11 is 3.28. The fraction of sp³-hybridized carbons (Fsp3) is 0.455. The Bertz CT molecular complexity index is 331. The molecule has 3 N–H and O–H groups in total. The van der Waals surface area contributed by atoms with Crippen LogP contribution in [0.4, 0.5) is 0 Å². The zero-order valence-electron chi connectivity index (χ0n) is 8.71. The van der Waals surface area contributed by atoms with Gasteiger partial charge in [-0.1, -0.05) is 32.9 Å². The minimum atomic E-state index is -0.167. The number of benzene rings is 1. The maximum absolute atomic E-state index is 9.80. The van der Waals surface area contributed by atoms with Gasteiger partial charge in [0, 0.05) is 11.6 Å².